The average molecular weight is 277 g/mol. The van der Waals surface area contributed by atoms with Crippen molar-refractivity contribution in [2.75, 3.05) is 46.9 Å². The number of nitrogens with two attached hydrogens (primary N) is 1. The van der Waals surface area contributed by atoms with E-state index in [9.17, 15) is 0 Å². The summed E-state index contributed by atoms with van der Waals surface area (Å²) in [7, 11) is 3.31. The maximum Gasteiger partial charge on any atom is 0.161 e. The maximum atomic E-state index is 6.51. The summed E-state index contributed by atoms with van der Waals surface area (Å²) in [6.07, 6.45) is 0. The summed E-state index contributed by atoms with van der Waals surface area (Å²) in [4.78, 5) is 5.02. The molecular formula is C15H23N3O2. The largest absolute Gasteiger partial charge is 0.493 e. The molecule has 4 rings (SSSR count). The van der Waals surface area contributed by atoms with Crippen LogP contribution in [0.4, 0.5) is 0 Å². The summed E-state index contributed by atoms with van der Waals surface area (Å²) in [6, 6.07) is 6.39. The van der Waals surface area contributed by atoms with Crippen LogP contribution in [-0.2, 0) is 0 Å². The van der Waals surface area contributed by atoms with Crippen molar-refractivity contribution in [1.29, 1.82) is 0 Å². The number of nitrogens with zero attached hydrogens (tertiary/aromatic N) is 2. The van der Waals surface area contributed by atoms with Gasteiger partial charge in [-0.1, -0.05) is 6.07 Å². The van der Waals surface area contributed by atoms with E-state index < -0.39 is 0 Å². The van der Waals surface area contributed by atoms with E-state index in [2.05, 4.69) is 9.80 Å². The van der Waals surface area contributed by atoms with Gasteiger partial charge in [-0.3, -0.25) is 9.80 Å². The molecule has 3 saturated heterocycles. The number of hydrogen-bond acceptors (Lipinski definition) is 5. The van der Waals surface area contributed by atoms with Crippen molar-refractivity contribution >= 4 is 0 Å². The van der Waals surface area contributed by atoms with Gasteiger partial charge in [0.25, 0.3) is 0 Å². The van der Waals surface area contributed by atoms with Crippen LogP contribution in [0.25, 0.3) is 0 Å². The van der Waals surface area contributed by atoms with Crippen molar-refractivity contribution in [3.63, 3.8) is 0 Å². The first kappa shape index (κ1) is 13.7. The number of ether oxygens (including phenoxy) is 2. The molecule has 3 heterocycles. The van der Waals surface area contributed by atoms with Gasteiger partial charge < -0.3 is 15.2 Å². The lowest BCUT2D eigenvalue weighted by Gasteiger charge is -2.49. The Bertz CT molecular complexity index is 472. The van der Waals surface area contributed by atoms with E-state index in [4.69, 9.17) is 15.2 Å². The van der Waals surface area contributed by atoms with Gasteiger partial charge in [0.1, 0.15) is 0 Å². The molecule has 0 spiro atoms. The molecule has 2 bridgehead atoms. The van der Waals surface area contributed by atoms with Crippen LogP contribution in [0.2, 0.25) is 0 Å². The van der Waals surface area contributed by atoms with Crippen molar-refractivity contribution in [2.45, 2.75) is 12.1 Å². The molecule has 3 aliphatic heterocycles. The zero-order valence-electron chi connectivity index (χ0n) is 12.2. The highest BCUT2D eigenvalue weighted by Gasteiger charge is 2.36. The lowest BCUT2D eigenvalue weighted by atomic mass is 9.94. The van der Waals surface area contributed by atoms with Gasteiger partial charge in [0.05, 0.1) is 14.2 Å². The standard InChI is InChI=1S/C15H23N3O2/c1-19-13-4-3-11(9-14(13)20-2)15(16)12-10-17-5-7-18(12)8-6-17/h3-4,9,12,15H,5-8,10,16H2,1-2H3. The molecule has 20 heavy (non-hydrogen) atoms. The van der Waals surface area contributed by atoms with Crippen LogP contribution >= 0.6 is 0 Å². The monoisotopic (exact) mass is 277 g/mol. The van der Waals surface area contributed by atoms with Crippen molar-refractivity contribution in [3.8, 4) is 11.5 Å². The van der Waals surface area contributed by atoms with Crippen LogP contribution in [0.5, 0.6) is 11.5 Å². The molecule has 110 valence electrons. The zero-order chi connectivity index (χ0) is 14.1. The first-order valence-electron chi connectivity index (χ1n) is 7.17. The van der Waals surface area contributed by atoms with Gasteiger partial charge >= 0.3 is 0 Å². The van der Waals surface area contributed by atoms with Gasteiger partial charge in [-0.2, -0.15) is 0 Å². The first-order chi connectivity index (χ1) is 9.72. The summed E-state index contributed by atoms with van der Waals surface area (Å²) in [5.74, 6) is 1.49. The predicted octanol–water partition coefficient (Wildman–Crippen LogP) is 0.703. The topological polar surface area (TPSA) is 51.0 Å². The van der Waals surface area contributed by atoms with Gasteiger partial charge in [0.15, 0.2) is 11.5 Å². The third kappa shape index (κ3) is 2.37. The molecule has 2 N–H and O–H groups in total. The zero-order valence-corrected chi connectivity index (χ0v) is 12.2. The number of rotatable bonds is 4. The summed E-state index contributed by atoms with van der Waals surface area (Å²) in [5, 5.41) is 0. The molecule has 0 aromatic heterocycles. The molecule has 2 unspecified atom stereocenters. The second-order valence-electron chi connectivity index (χ2n) is 5.54. The Hall–Kier alpha value is -1.30. The Labute approximate surface area is 120 Å². The molecule has 0 aliphatic carbocycles. The second-order valence-corrected chi connectivity index (χ2v) is 5.54. The Morgan fingerprint density at radius 1 is 1.10 bits per heavy atom. The number of methoxy groups -OCH3 is 2. The van der Waals surface area contributed by atoms with Crippen molar-refractivity contribution in [3.05, 3.63) is 23.8 Å². The Morgan fingerprint density at radius 3 is 2.35 bits per heavy atom. The normalized spacial score (nSPS) is 30.1. The first-order valence-corrected chi connectivity index (χ1v) is 7.17. The average Bonchev–Trinajstić information content (AvgIpc) is 2.54. The molecule has 0 radical (unpaired) electrons. The number of hydrogen-bond donors (Lipinski definition) is 1. The number of piperazine rings is 3. The van der Waals surface area contributed by atoms with E-state index in [1.54, 1.807) is 14.2 Å². The Morgan fingerprint density at radius 2 is 1.80 bits per heavy atom. The van der Waals surface area contributed by atoms with Gasteiger partial charge in [0, 0.05) is 44.8 Å². The minimum atomic E-state index is 0.0120. The van der Waals surface area contributed by atoms with Crippen LogP contribution in [0, 0.1) is 0 Å². The highest BCUT2D eigenvalue weighted by atomic mass is 16.5. The lowest BCUT2D eigenvalue weighted by molar-refractivity contribution is 0.00212. The molecule has 3 fully saturated rings. The molecule has 1 aromatic rings. The molecule has 2 atom stereocenters. The minimum Gasteiger partial charge on any atom is -0.493 e. The number of benzene rings is 1. The summed E-state index contributed by atoms with van der Waals surface area (Å²) >= 11 is 0. The smallest absolute Gasteiger partial charge is 0.161 e. The van der Waals surface area contributed by atoms with E-state index in [1.165, 1.54) is 13.1 Å². The van der Waals surface area contributed by atoms with Gasteiger partial charge in [-0.25, -0.2) is 0 Å². The van der Waals surface area contributed by atoms with E-state index in [-0.39, 0.29) is 6.04 Å². The van der Waals surface area contributed by atoms with Crippen LogP contribution in [0.15, 0.2) is 18.2 Å². The van der Waals surface area contributed by atoms with Crippen molar-refractivity contribution in [2.24, 2.45) is 5.73 Å². The molecular weight excluding hydrogens is 254 g/mol. The van der Waals surface area contributed by atoms with Gasteiger partial charge in [-0.05, 0) is 17.7 Å². The fraction of sp³-hybridized carbons (Fsp3) is 0.600. The lowest BCUT2D eigenvalue weighted by Crippen LogP contribution is -2.63. The molecule has 5 heteroatoms. The fourth-order valence-corrected chi connectivity index (χ4v) is 3.28. The predicted molar refractivity (Wildman–Crippen MR) is 78.3 cm³/mol. The maximum absolute atomic E-state index is 6.51. The van der Waals surface area contributed by atoms with Crippen LogP contribution in [0.1, 0.15) is 11.6 Å². The minimum absolute atomic E-state index is 0.0120. The summed E-state index contributed by atoms with van der Waals surface area (Å²) < 4.78 is 10.7. The SMILES string of the molecule is COc1ccc(C(N)C2CN3CCN2CC3)cc1OC. The highest BCUT2D eigenvalue weighted by molar-refractivity contribution is 5.44. The van der Waals surface area contributed by atoms with Crippen LogP contribution in [-0.4, -0.2) is 62.8 Å². The highest BCUT2D eigenvalue weighted by Crippen LogP contribution is 2.32. The summed E-state index contributed by atoms with van der Waals surface area (Å²) in [5.41, 5.74) is 7.62. The molecule has 0 amide bonds. The Balaban J connectivity index is 1.81. The van der Waals surface area contributed by atoms with Gasteiger partial charge in [0.2, 0.25) is 0 Å². The van der Waals surface area contributed by atoms with Crippen LogP contribution in [0.3, 0.4) is 0 Å². The van der Waals surface area contributed by atoms with Crippen molar-refractivity contribution in [1.82, 2.24) is 9.80 Å². The van der Waals surface area contributed by atoms with E-state index in [1.807, 2.05) is 18.2 Å². The van der Waals surface area contributed by atoms with Gasteiger partial charge in [-0.15, -0.1) is 0 Å². The van der Waals surface area contributed by atoms with E-state index in [0.717, 1.165) is 36.7 Å². The summed E-state index contributed by atoms with van der Waals surface area (Å²) in [6.45, 7) is 5.68. The number of fused-ring (bicyclic) bond motifs is 3. The fourth-order valence-electron chi connectivity index (χ4n) is 3.28. The third-order valence-electron chi connectivity index (χ3n) is 4.53. The quantitative estimate of drug-likeness (QED) is 0.878. The van der Waals surface area contributed by atoms with E-state index >= 15 is 0 Å². The van der Waals surface area contributed by atoms with Crippen LogP contribution < -0.4 is 15.2 Å². The molecule has 1 aromatic carbocycles. The second kappa shape index (κ2) is 5.60. The molecule has 5 nitrogen and oxygen atoms in total. The Kier molecular flexibility index (Phi) is 3.83. The molecule has 0 saturated carbocycles. The third-order valence-corrected chi connectivity index (χ3v) is 4.53. The van der Waals surface area contributed by atoms with E-state index in [0.29, 0.717) is 6.04 Å². The molecule has 3 aliphatic rings. The van der Waals surface area contributed by atoms with Crippen molar-refractivity contribution < 1.29 is 9.47 Å².